The van der Waals surface area contributed by atoms with Crippen molar-refractivity contribution in [3.63, 3.8) is 0 Å². The number of aliphatic hydroxyl groups is 1. The zero-order valence-electron chi connectivity index (χ0n) is 8.62. The molecule has 0 radical (unpaired) electrons. The SMILES string of the molecule is CC(=O)NC1=C(O)C2CCCCN2C1=O. The van der Waals surface area contributed by atoms with Crippen LogP contribution in [-0.2, 0) is 9.59 Å². The minimum Gasteiger partial charge on any atom is -0.508 e. The van der Waals surface area contributed by atoms with Crippen molar-refractivity contribution in [1.82, 2.24) is 10.2 Å². The molecule has 15 heavy (non-hydrogen) atoms. The highest BCUT2D eigenvalue weighted by molar-refractivity contribution is 6.00. The summed E-state index contributed by atoms with van der Waals surface area (Å²) in [6.45, 7) is 1.99. The van der Waals surface area contributed by atoms with E-state index in [9.17, 15) is 14.7 Å². The molecule has 2 amide bonds. The van der Waals surface area contributed by atoms with Gasteiger partial charge in [0, 0.05) is 13.5 Å². The van der Waals surface area contributed by atoms with Crippen molar-refractivity contribution in [1.29, 1.82) is 0 Å². The van der Waals surface area contributed by atoms with E-state index in [-0.39, 0.29) is 29.3 Å². The maximum absolute atomic E-state index is 11.8. The fraction of sp³-hybridized carbons (Fsp3) is 0.600. The fourth-order valence-electron chi connectivity index (χ4n) is 2.17. The van der Waals surface area contributed by atoms with Crippen molar-refractivity contribution in [3.05, 3.63) is 11.5 Å². The molecule has 0 aliphatic carbocycles. The topological polar surface area (TPSA) is 69.6 Å². The van der Waals surface area contributed by atoms with Crippen molar-refractivity contribution in [2.75, 3.05) is 6.54 Å². The zero-order chi connectivity index (χ0) is 11.0. The molecule has 0 aromatic carbocycles. The van der Waals surface area contributed by atoms with Crippen LogP contribution in [0.15, 0.2) is 11.5 Å². The van der Waals surface area contributed by atoms with Gasteiger partial charge in [0.1, 0.15) is 11.5 Å². The maximum Gasteiger partial charge on any atom is 0.274 e. The lowest BCUT2D eigenvalue weighted by molar-refractivity contribution is -0.129. The Balaban J connectivity index is 2.24. The Labute approximate surface area is 87.7 Å². The Bertz CT molecular complexity index is 349. The van der Waals surface area contributed by atoms with E-state index in [4.69, 9.17) is 0 Å². The molecule has 1 fully saturated rings. The van der Waals surface area contributed by atoms with Gasteiger partial charge in [-0.1, -0.05) is 0 Å². The highest BCUT2D eigenvalue weighted by Gasteiger charge is 2.40. The van der Waals surface area contributed by atoms with Crippen molar-refractivity contribution in [2.45, 2.75) is 32.2 Å². The average Bonchev–Trinajstić information content (AvgIpc) is 2.44. The Kier molecular flexibility index (Phi) is 2.38. The summed E-state index contributed by atoms with van der Waals surface area (Å²) in [5, 5.41) is 12.2. The van der Waals surface area contributed by atoms with Gasteiger partial charge in [-0.2, -0.15) is 0 Å². The average molecular weight is 210 g/mol. The van der Waals surface area contributed by atoms with Gasteiger partial charge >= 0.3 is 0 Å². The van der Waals surface area contributed by atoms with Crippen LogP contribution in [0.4, 0.5) is 0 Å². The Morgan fingerprint density at radius 3 is 2.87 bits per heavy atom. The molecule has 82 valence electrons. The van der Waals surface area contributed by atoms with Gasteiger partial charge in [-0.15, -0.1) is 0 Å². The molecule has 2 N–H and O–H groups in total. The summed E-state index contributed by atoms with van der Waals surface area (Å²) in [6.07, 6.45) is 2.75. The van der Waals surface area contributed by atoms with Crippen LogP contribution in [0.3, 0.4) is 0 Å². The highest BCUT2D eigenvalue weighted by Crippen LogP contribution is 2.30. The molecule has 2 rings (SSSR count). The van der Waals surface area contributed by atoms with Gasteiger partial charge in [0.05, 0.1) is 6.04 Å². The lowest BCUT2D eigenvalue weighted by Gasteiger charge is -2.29. The summed E-state index contributed by atoms with van der Waals surface area (Å²) < 4.78 is 0. The number of aliphatic hydroxyl groups excluding tert-OH is 1. The number of nitrogens with zero attached hydrogens (tertiary/aromatic N) is 1. The summed E-state index contributed by atoms with van der Waals surface area (Å²) in [6, 6.07) is -0.215. The largest absolute Gasteiger partial charge is 0.508 e. The molecule has 1 saturated heterocycles. The monoisotopic (exact) mass is 210 g/mol. The third kappa shape index (κ3) is 1.58. The molecule has 1 atom stereocenters. The molecule has 2 aliphatic rings. The predicted octanol–water partition coefficient (Wildman–Crippen LogP) is 0.287. The first-order chi connectivity index (χ1) is 7.11. The second-order valence-corrected chi connectivity index (χ2v) is 3.95. The standard InChI is InChI=1S/C10H14N2O3/c1-6(13)11-8-9(14)7-4-2-3-5-12(7)10(8)15/h7,14H,2-5H2,1H3,(H,11,13). The van der Waals surface area contributed by atoms with Crippen molar-refractivity contribution < 1.29 is 14.7 Å². The van der Waals surface area contributed by atoms with E-state index in [1.54, 1.807) is 4.90 Å². The molecule has 2 aliphatic heterocycles. The third-order valence-corrected chi connectivity index (χ3v) is 2.85. The number of nitrogens with one attached hydrogen (secondary N) is 1. The van der Waals surface area contributed by atoms with Crippen LogP contribution in [0.5, 0.6) is 0 Å². The fourth-order valence-corrected chi connectivity index (χ4v) is 2.17. The zero-order valence-corrected chi connectivity index (χ0v) is 8.62. The molecule has 0 aromatic rings. The first-order valence-electron chi connectivity index (χ1n) is 5.13. The molecule has 5 heteroatoms. The summed E-state index contributed by atoms with van der Waals surface area (Å²) in [5.74, 6) is -0.563. The molecule has 0 aromatic heterocycles. The van der Waals surface area contributed by atoms with Gasteiger partial charge in [0.15, 0.2) is 0 Å². The molecule has 0 spiro atoms. The predicted molar refractivity (Wildman–Crippen MR) is 52.8 cm³/mol. The van der Waals surface area contributed by atoms with E-state index in [0.29, 0.717) is 6.54 Å². The maximum atomic E-state index is 11.8. The third-order valence-electron chi connectivity index (χ3n) is 2.85. The van der Waals surface area contributed by atoms with Crippen molar-refractivity contribution >= 4 is 11.8 Å². The van der Waals surface area contributed by atoms with Crippen LogP contribution in [0, 0.1) is 0 Å². The molecule has 1 unspecified atom stereocenters. The first kappa shape index (κ1) is 10.0. The molecular weight excluding hydrogens is 196 g/mol. The smallest absolute Gasteiger partial charge is 0.274 e. The molecule has 2 heterocycles. The van der Waals surface area contributed by atoms with Gasteiger partial charge in [0.2, 0.25) is 5.91 Å². The van der Waals surface area contributed by atoms with E-state index in [1.807, 2.05) is 0 Å². The minimum absolute atomic E-state index is 0.0231. The summed E-state index contributed by atoms with van der Waals surface area (Å²) in [4.78, 5) is 24.3. The number of hydrogen-bond donors (Lipinski definition) is 2. The molecule has 0 bridgehead atoms. The van der Waals surface area contributed by atoms with Gasteiger partial charge in [-0.25, -0.2) is 0 Å². The summed E-state index contributed by atoms with van der Waals surface area (Å²) >= 11 is 0. The molecule has 5 nitrogen and oxygen atoms in total. The van der Waals surface area contributed by atoms with Crippen LogP contribution in [0.1, 0.15) is 26.2 Å². The summed E-state index contributed by atoms with van der Waals surface area (Å²) in [7, 11) is 0. The van der Waals surface area contributed by atoms with Crippen molar-refractivity contribution in [2.24, 2.45) is 0 Å². The normalized spacial score (nSPS) is 25.5. The lowest BCUT2D eigenvalue weighted by atomic mass is 10.0. The number of carbonyl (C=O) groups is 2. The van der Waals surface area contributed by atoms with Crippen LogP contribution in [-0.4, -0.2) is 34.4 Å². The Morgan fingerprint density at radius 2 is 2.27 bits per heavy atom. The number of hydrogen-bond acceptors (Lipinski definition) is 3. The van der Waals surface area contributed by atoms with Crippen LogP contribution in [0.25, 0.3) is 0 Å². The van der Waals surface area contributed by atoms with E-state index >= 15 is 0 Å². The lowest BCUT2D eigenvalue weighted by Crippen LogP contribution is -2.40. The quantitative estimate of drug-likeness (QED) is 0.653. The van der Waals surface area contributed by atoms with Crippen LogP contribution in [0.2, 0.25) is 0 Å². The number of fused-ring (bicyclic) bond motifs is 1. The van der Waals surface area contributed by atoms with Gasteiger partial charge in [0.25, 0.3) is 5.91 Å². The highest BCUT2D eigenvalue weighted by atomic mass is 16.3. The van der Waals surface area contributed by atoms with E-state index in [0.717, 1.165) is 19.3 Å². The minimum atomic E-state index is -0.329. The Morgan fingerprint density at radius 1 is 1.53 bits per heavy atom. The number of amides is 2. The number of rotatable bonds is 1. The van der Waals surface area contributed by atoms with Crippen molar-refractivity contribution in [3.8, 4) is 0 Å². The summed E-state index contributed by atoms with van der Waals surface area (Å²) in [5.41, 5.74) is 0.0643. The van der Waals surface area contributed by atoms with Gasteiger partial charge < -0.3 is 15.3 Å². The number of carbonyl (C=O) groups excluding carboxylic acids is 2. The molecular formula is C10H14N2O3. The number of piperidine rings is 1. The second kappa shape index (κ2) is 3.56. The Hall–Kier alpha value is -1.52. The second-order valence-electron chi connectivity index (χ2n) is 3.95. The van der Waals surface area contributed by atoms with E-state index in [1.165, 1.54) is 6.92 Å². The van der Waals surface area contributed by atoms with E-state index in [2.05, 4.69) is 5.32 Å². The first-order valence-corrected chi connectivity index (χ1v) is 5.13. The van der Waals surface area contributed by atoms with Crippen LogP contribution < -0.4 is 5.32 Å². The molecule has 0 saturated carbocycles. The van der Waals surface area contributed by atoms with Crippen LogP contribution >= 0.6 is 0 Å². The van der Waals surface area contributed by atoms with E-state index < -0.39 is 0 Å². The van der Waals surface area contributed by atoms with Gasteiger partial charge in [-0.3, -0.25) is 9.59 Å². The van der Waals surface area contributed by atoms with Gasteiger partial charge in [-0.05, 0) is 19.3 Å².